The van der Waals surface area contributed by atoms with Crippen LogP contribution >= 0.6 is 11.6 Å². The highest BCUT2D eigenvalue weighted by atomic mass is 35.5. The number of rotatable bonds is 0. The van der Waals surface area contributed by atoms with Crippen LogP contribution in [-0.4, -0.2) is 18.4 Å². The predicted molar refractivity (Wildman–Crippen MR) is 48.0 cm³/mol. The molecule has 64 valence electrons. The van der Waals surface area contributed by atoms with Crippen molar-refractivity contribution in [3.8, 4) is 0 Å². The van der Waals surface area contributed by atoms with E-state index in [2.05, 4.69) is 5.32 Å². The Morgan fingerprint density at radius 3 is 3.25 bits per heavy atom. The summed E-state index contributed by atoms with van der Waals surface area (Å²) >= 11 is 5.81. The molecule has 1 saturated heterocycles. The first kappa shape index (κ1) is 8.02. The molecule has 0 aromatic carbocycles. The van der Waals surface area contributed by atoms with E-state index < -0.39 is 0 Å². The molecular weight excluding hydrogens is 174 g/mol. The van der Waals surface area contributed by atoms with E-state index in [-0.39, 0.29) is 12.0 Å². The van der Waals surface area contributed by atoms with Crippen molar-refractivity contribution >= 4 is 17.4 Å². The molecule has 0 aromatic rings. The molecule has 0 spiro atoms. The van der Waals surface area contributed by atoms with Crippen LogP contribution in [0.1, 0.15) is 6.42 Å². The number of allylic oxidation sites excluding steroid dienone is 2. The van der Waals surface area contributed by atoms with Gasteiger partial charge in [0.05, 0.1) is 5.92 Å². The smallest absolute Gasteiger partial charge is 0.142 e. The number of carbonyl (C=O) groups is 1. The van der Waals surface area contributed by atoms with Crippen molar-refractivity contribution in [2.75, 3.05) is 6.54 Å². The summed E-state index contributed by atoms with van der Waals surface area (Å²) in [6, 6.07) is 0.128. The molecule has 2 unspecified atom stereocenters. The number of fused-ring (bicyclic) bond motifs is 1. The molecule has 12 heavy (non-hydrogen) atoms. The normalized spacial score (nSPS) is 34.4. The second kappa shape index (κ2) is 3.04. The van der Waals surface area contributed by atoms with Gasteiger partial charge in [-0.3, -0.25) is 4.79 Å². The van der Waals surface area contributed by atoms with Gasteiger partial charge in [-0.05, 0) is 12.2 Å². The van der Waals surface area contributed by atoms with Crippen LogP contribution in [0.25, 0.3) is 0 Å². The van der Waals surface area contributed by atoms with E-state index in [4.69, 9.17) is 11.6 Å². The molecular formula is C9H10ClNO. The zero-order chi connectivity index (χ0) is 8.55. The van der Waals surface area contributed by atoms with Gasteiger partial charge in [-0.1, -0.05) is 17.7 Å². The zero-order valence-electron chi connectivity index (χ0n) is 6.59. The first-order valence-corrected chi connectivity index (χ1v) is 4.47. The molecule has 2 aliphatic rings. The first-order valence-electron chi connectivity index (χ1n) is 4.09. The minimum absolute atomic E-state index is 0.0150. The first-order chi connectivity index (χ1) is 5.77. The fourth-order valence-electron chi connectivity index (χ4n) is 1.67. The Balaban J connectivity index is 2.22. The van der Waals surface area contributed by atoms with Gasteiger partial charge in [0, 0.05) is 24.0 Å². The fraction of sp³-hybridized carbons (Fsp3) is 0.444. The van der Waals surface area contributed by atoms with Crippen LogP contribution in [0, 0.1) is 5.92 Å². The Morgan fingerprint density at radius 1 is 1.58 bits per heavy atom. The molecule has 1 fully saturated rings. The highest BCUT2D eigenvalue weighted by Crippen LogP contribution is 2.23. The molecule has 0 saturated carbocycles. The lowest BCUT2D eigenvalue weighted by atomic mass is 9.87. The van der Waals surface area contributed by atoms with Gasteiger partial charge in [-0.15, -0.1) is 0 Å². The molecule has 1 heterocycles. The molecule has 0 bridgehead atoms. The lowest BCUT2D eigenvalue weighted by molar-refractivity contribution is -0.123. The number of carbonyl (C=O) groups excluding carboxylic acids is 1. The van der Waals surface area contributed by atoms with Crippen LogP contribution in [0.15, 0.2) is 23.3 Å². The van der Waals surface area contributed by atoms with Crippen LogP contribution in [-0.2, 0) is 4.79 Å². The summed E-state index contributed by atoms with van der Waals surface area (Å²) in [4.78, 5) is 11.4. The summed E-state index contributed by atoms with van der Waals surface area (Å²) in [6.45, 7) is 0.772. The van der Waals surface area contributed by atoms with Gasteiger partial charge in [0.25, 0.3) is 0 Å². The maximum atomic E-state index is 11.4. The van der Waals surface area contributed by atoms with Gasteiger partial charge in [-0.25, -0.2) is 0 Å². The summed E-state index contributed by atoms with van der Waals surface area (Å²) in [5, 5.41) is 3.97. The van der Waals surface area contributed by atoms with Crippen molar-refractivity contribution in [3.05, 3.63) is 23.3 Å². The van der Waals surface area contributed by atoms with Crippen LogP contribution in [0.2, 0.25) is 0 Å². The number of ketones is 1. The Morgan fingerprint density at radius 2 is 2.42 bits per heavy atom. The van der Waals surface area contributed by atoms with Crippen molar-refractivity contribution in [2.45, 2.75) is 12.5 Å². The Kier molecular flexibility index (Phi) is 2.03. The summed E-state index contributed by atoms with van der Waals surface area (Å²) in [7, 11) is 0. The number of piperidine rings is 1. The largest absolute Gasteiger partial charge is 0.309 e. The van der Waals surface area contributed by atoms with E-state index in [1.807, 2.05) is 12.2 Å². The highest BCUT2D eigenvalue weighted by Gasteiger charge is 2.29. The maximum absolute atomic E-state index is 11.4. The van der Waals surface area contributed by atoms with Gasteiger partial charge >= 0.3 is 0 Å². The average Bonchev–Trinajstić information content (AvgIpc) is 2.04. The van der Waals surface area contributed by atoms with Crippen molar-refractivity contribution in [1.29, 1.82) is 0 Å². The number of nitrogens with one attached hydrogen (secondary N) is 1. The summed E-state index contributed by atoms with van der Waals surface area (Å²) in [6.07, 6.45) is 6.23. The maximum Gasteiger partial charge on any atom is 0.142 e. The molecule has 2 nitrogen and oxygen atoms in total. The van der Waals surface area contributed by atoms with Gasteiger partial charge in [0.1, 0.15) is 5.78 Å². The quantitative estimate of drug-likeness (QED) is 0.612. The van der Waals surface area contributed by atoms with E-state index in [0.29, 0.717) is 12.2 Å². The second-order valence-electron chi connectivity index (χ2n) is 3.13. The van der Waals surface area contributed by atoms with Crippen LogP contribution < -0.4 is 5.32 Å². The number of Topliss-reactive ketones (excluding diaryl/α,β-unsaturated/α-hetero) is 1. The molecule has 1 aliphatic carbocycles. The summed E-state index contributed by atoms with van der Waals surface area (Å²) < 4.78 is 0. The number of halogens is 1. The summed E-state index contributed by atoms with van der Waals surface area (Å²) in [5.74, 6) is 0.330. The van der Waals surface area contributed by atoms with Gasteiger partial charge in [-0.2, -0.15) is 0 Å². The lowest BCUT2D eigenvalue weighted by Crippen LogP contribution is -2.45. The minimum Gasteiger partial charge on any atom is -0.309 e. The Bertz CT molecular complexity index is 270. The third-order valence-electron chi connectivity index (χ3n) is 2.31. The van der Waals surface area contributed by atoms with E-state index in [1.165, 1.54) is 0 Å². The molecule has 3 heteroatoms. The fourth-order valence-corrected chi connectivity index (χ4v) is 1.88. The molecule has 0 amide bonds. The topological polar surface area (TPSA) is 29.1 Å². The summed E-state index contributed by atoms with van der Waals surface area (Å²) in [5.41, 5.74) is 0. The lowest BCUT2D eigenvalue weighted by Gasteiger charge is -2.29. The number of hydrogen-bond acceptors (Lipinski definition) is 2. The third-order valence-corrected chi connectivity index (χ3v) is 2.56. The van der Waals surface area contributed by atoms with Gasteiger partial charge in [0.15, 0.2) is 0 Å². The molecule has 0 aromatic heterocycles. The standard InChI is InChI=1S/C9H10ClNO/c10-6-1-2-7-8(5-6)11-4-3-9(7)12/h1-2,5,7-8,11H,3-4H2. The van der Waals surface area contributed by atoms with Crippen LogP contribution in [0.4, 0.5) is 0 Å². The van der Waals surface area contributed by atoms with Crippen molar-refractivity contribution < 1.29 is 4.79 Å². The zero-order valence-corrected chi connectivity index (χ0v) is 7.34. The SMILES string of the molecule is O=C1CCNC2C=C(Cl)C=CC12. The van der Waals surface area contributed by atoms with E-state index in [9.17, 15) is 4.79 Å². The van der Waals surface area contributed by atoms with Crippen LogP contribution in [0.5, 0.6) is 0 Å². The highest BCUT2D eigenvalue weighted by molar-refractivity contribution is 6.31. The molecule has 1 aliphatic heterocycles. The third kappa shape index (κ3) is 1.32. The monoisotopic (exact) mass is 183 g/mol. The van der Waals surface area contributed by atoms with Crippen molar-refractivity contribution in [3.63, 3.8) is 0 Å². The van der Waals surface area contributed by atoms with Crippen molar-refractivity contribution in [1.82, 2.24) is 5.32 Å². The van der Waals surface area contributed by atoms with Crippen LogP contribution in [0.3, 0.4) is 0 Å². The van der Waals surface area contributed by atoms with Gasteiger partial charge in [0.2, 0.25) is 0 Å². The minimum atomic E-state index is 0.0150. The molecule has 0 radical (unpaired) electrons. The Labute approximate surface area is 76.3 Å². The van der Waals surface area contributed by atoms with E-state index in [0.717, 1.165) is 11.6 Å². The predicted octanol–water partition coefficient (Wildman–Crippen LogP) is 1.23. The molecule has 1 N–H and O–H groups in total. The van der Waals surface area contributed by atoms with E-state index >= 15 is 0 Å². The average molecular weight is 184 g/mol. The molecule has 2 atom stereocenters. The molecule has 2 rings (SSSR count). The van der Waals surface area contributed by atoms with Crippen molar-refractivity contribution in [2.24, 2.45) is 5.92 Å². The van der Waals surface area contributed by atoms with Gasteiger partial charge < -0.3 is 5.32 Å². The second-order valence-corrected chi connectivity index (χ2v) is 3.57. The van der Waals surface area contributed by atoms with E-state index in [1.54, 1.807) is 6.08 Å². The number of hydrogen-bond donors (Lipinski definition) is 1. The Hall–Kier alpha value is -0.600.